The lowest BCUT2D eigenvalue weighted by Gasteiger charge is -2.18. The molecule has 0 aromatic carbocycles. The maximum atomic E-state index is 10.4. The van der Waals surface area contributed by atoms with Crippen molar-refractivity contribution in [1.82, 2.24) is 48.8 Å². The van der Waals surface area contributed by atoms with Crippen LogP contribution in [0.3, 0.4) is 0 Å². The zero-order chi connectivity index (χ0) is 34.3. The lowest BCUT2D eigenvalue weighted by molar-refractivity contribution is 0.355. The minimum atomic E-state index is -0.332. The molecule has 0 saturated carbocycles. The quantitative estimate of drug-likeness (QED) is 0.169. The molecule has 2 atom stereocenters. The van der Waals surface area contributed by atoms with Gasteiger partial charge in [0.2, 0.25) is 0 Å². The number of aryl methyl sites for hydroxylation is 2. The molecule has 14 heteroatoms. The van der Waals surface area contributed by atoms with Crippen LogP contribution in [0, 0.1) is 13.8 Å². The number of aromatic hydroxyl groups is 4. The summed E-state index contributed by atoms with van der Waals surface area (Å²) in [4.78, 5) is 9.90. The van der Waals surface area contributed by atoms with Crippen LogP contribution in [-0.2, 0) is 23.9 Å². The third-order valence-corrected chi connectivity index (χ3v) is 8.65. The summed E-state index contributed by atoms with van der Waals surface area (Å²) in [5.74, 6) is 0.638. The summed E-state index contributed by atoms with van der Waals surface area (Å²) in [5, 5.41) is 60.2. The molecule has 250 valence electrons. The first-order valence-corrected chi connectivity index (χ1v) is 15.8. The first-order chi connectivity index (χ1) is 21.8. The highest BCUT2D eigenvalue weighted by Crippen LogP contribution is 2.33. The fourth-order valence-corrected chi connectivity index (χ4v) is 6.01. The number of hydrogen-bond donors (Lipinski definition) is 5. The van der Waals surface area contributed by atoms with Crippen LogP contribution in [0.2, 0.25) is 0 Å². The summed E-state index contributed by atoms with van der Waals surface area (Å²) in [6, 6.07) is 3.06. The Morgan fingerprint density at radius 2 is 1.26 bits per heavy atom. The third-order valence-electron chi connectivity index (χ3n) is 8.65. The van der Waals surface area contributed by atoms with Crippen molar-refractivity contribution < 1.29 is 20.4 Å². The van der Waals surface area contributed by atoms with Gasteiger partial charge in [-0.2, -0.15) is 9.73 Å². The summed E-state index contributed by atoms with van der Waals surface area (Å²) in [5.41, 5.74) is 4.40. The van der Waals surface area contributed by atoms with Crippen molar-refractivity contribution in [1.29, 1.82) is 0 Å². The molecule has 0 bridgehead atoms. The molecule has 6 rings (SSSR count). The molecule has 6 heterocycles. The van der Waals surface area contributed by atoms with Crippen LogP contribution in [0.4, 0.5) is 0 Å². The minimum absolute atomic E-state index is 0.0119. The summed E-state index contributed by atoms with van der Waals surface area (Å²) >= 11 is 0. The first-order valence-electron chi connectivity index (χ1n) is 15.8. The number of aromatic amines is 1. The predicted octanol–water partition coefficient (Wildman–Crippen LogP) is 4.29. The molecular formula is C33H44N10O4. The minimum Gasteiger partial charge on any atom is -0.494 e. The topological polar surface area (TPSA) is 180 Å². The second-order valence-electron chi connectivity index (χ2n) is 14.8. The Bertz CT molecular complexity index is 2180. The van der Waals surface area contributed by atoms with Gasteiger partial charge < -0.3 is 20.4 Å². The number of H-pyrrole nitrogens is 1. The SMILES string of the molecule is Cc1cc(O)n(CC(C)c2nc3c(=Cc4c(C(C)(C)C)[nH]n5nc(C(C)Cn6c(O)cc(C)c6O)nc45)c(C(C)(C)C)nn3n2)c1O. The van der Waals surface area contributed by atoms with E-state index >= 15 is 0 Å². The van der Waals surface area contributed by atoms with E-state index in [1.54, 1.807) is 23.1 Å². The summed E-state index contributed by atoms with van der Waals surface area (Å²) < 4.78 is 6.14. The average molecular weight is 645 g/mol. The molecule has 2 unspecified atom stereocenters. The molecule has 0 fully saturated rings. The Morgan fingerprint density at radius 3 is 1.72 bits per heavy atom. The molecule has 0 amide bonds. The Morgan fingerprint density at radius 1 is 0.745 bits per heavy atom. The summed E-state index contributed by atoms with van der Waals surface area (Å²) in [6.45, 7) is 20.6. The maximum Gasteiger partial charge on any atom is 0.196 e. The largest absolute Gasteiger partial charge is 0.494 e. The third kappa shape index (κ3) is 5.44. The zero-order valence-corrected chi connectivity index (χ0v) is 28.6. The van der Waals surface area contributed by atoms with E-state index in [0.29, 0.717) is 40.6 Å². The van der Waals surface area contributed by atoms with Crippen LogP contribution >= 0.6 is 0 Å². The van der Waals surface area contributed by atoms with Gasteiger partial charge in [0.05, 0.1) is 11.4 Å². The molecule has 0 spiro atoms. The van der Waals surface area contributed by atoms with Gasteiger partial charge in [0.15, 0.2) is 46.5 Å². The lowest BCUT2D eigenvalue weighted by atomic mass is 9.88. The Kier molecular flexibility index (Phi) is 7.33. The zero-order valence-electron chi connectivity index (χ0n) is 28.6. The molecule has 47 heavy (non-hydrogen) atoms. The molecule has 0 aliphatic heterocycles. The Hall–Kier alpha value is -5.01. The van der Waals surface area contributed by atoms with E-state index in [1.165, 1.54) is 21.3 Å². The van der Waals surface area contributed by atoms with Crippen molar-refractivity contribution in [2.24, 2.45) is 0 Å². The number of nitrogens with one attached hydrogen (secondary N) is 1. The fraction of sp³-hybridized carbons (Fsp3) is 0.485. The van der Waals surface area contributed by atoms with Crippen LogP contribution in [0.1, 0.15) is 107 Å². The Balaban J connectivity index is 1.47. The molecule has 0 saturated heterocycles. The van der Waals surface area contributed by atoms with Crippen LogP contribution in [0.15, 0.2) is 12.1 Å². The van der Waals surface area contributed by atoms with Crippen molar-refractivity contribution in [3.05, 3.63) is 57.1 Å². The molecule has 0 aliphatic carbocycles. The molecule has 6 aromatic heterocycles. The lowest BCUT2D eigenvalue weighted by Crippen LogP contribution is -2.23. The monoisotopic (exact) mass is 644 g/mol. The predicted molar refractivity (Wildman–Crippen MR) is 176 cm³/mol. The molecule has 6 aromatic rings. The van der Waals surface area contributed by atoms with Crippen LogP contribution in [-0.4, -0.2) is 69.2 Å². The summed E-state index contributed by atoms with van der Waals surface area (Å²) in [7, 11) is 0. The van der Waals surface area contributed by atoms with E-state index in [9.17, 15) is 20.4 Å². The van der Waals surface area contributed by atoms with Crippen molar-refractivity contribution in [2.75, 3.05) is 0 Å². The van der Waals surface area contributed by atoms with Crippen molar-refractivity contribution in [2.45, 2.75) is 105 Å². The molecule has 5 N–H and O–H groups in total. The van der Waals surface area contributed by atoms with E-state index < -0.39 is 0 Å². The van der Waals surface area contributed by atoms with Crippen molar-refractivity contribution in [3.63, 3.8) is 0 Å². The van der Waals surface area contributed by atoms with Gasteiger partial charge in [-0.05, 0) is 19.9 Å². The number of fused-ring (bicyclic) bond motifs is 2. The molecule has 0 aliphatic rings. The number of rotatable bonds is 7. The average Bonchev–Trinajstić information content (AvgIpc) is 3.78. The normalized spacial score (nSPS) is 14.6. The smallest absolute Gasteiger partial charge is 0.196 e. The second-order valence-corrected chi connectivity index (χ2v) is 14.8. The van der Waals surface area contributed by atoms with Gasteiger partial charge in [0.25, 0.3) is 0 Å². The van der Waals surface area contributed by atoms with Crippen LogP contribution < -0.4 is 5.22 Å². The van der Waals surface area contributed by atoms with Crippen LogP contribution in [0.25, 0.3) is 17.4 Å². The number of hydrogen-bond acceptors (Lipinski definition) is 9. The van der Waals surface area contributed by atoms with Gasteiger partial charge in [-0.1, -0.05) is 55.4 Å². The van der Waals surface area contributed by atoms with Gasteiger partial charge in [0.1, 0.15) is 0 Å². The highest BCUT2D eigenvalue weighted by Gasteiger charge is 2.29. The molecule has 0 radical (unpaired) electrons. The van der Waals surface area contributed by atoms with Crippen molar-refractivity contribution >= 4 is 17.4 Å². The highest BCUT2D eigenvalue weighted by molar-refractivity contribution is 5.71. The number of nitrogens with zero attached hydrogens (tertiary/aromatic N) is 9. The van der Waals surface area contributed by atoms with E-state index in [2.05, 4.69) is 52.7 Å². The van der Waals surface area contributed by atoms with Gasteiger partial charge in [-0.25, -0.2) is 9.97 Å². The van der Waals surface area contributed by atoms with Crippen LogP contribution in [0.5, 0.6) is 23.5 Å². The Labute approximate surface area is 272 Å². The number of aromatic nitrogens is 10. The highest BCUT2D eigenvalue weighted by atomic mass is 16.3. The summed E-state index contributed by atoms with van der Waals surface area (Å²) in [6.07, 6.45) is 2.06. The van der Waals surface area contributed by atoms with Gasteiger partial charge >= 0.3 is 0 Å². The standard InChI is InChI=1S/C33H44N10O4/c1-16-11-22(44)40(30(16)46)14-18(3)26-34-28-20(24(32(5,6)7)36-42(28)38-26)13-21-25(33(8,9)10)37-43-29(21)35-27(39-43)19(4)15-41-23(45)12-17(2)31(41)47/h11-13,18-19,36,44-47H,14-15H2,1-10H3. The fourth-order valence-electron chi connectivity index (χ4n) is 6.01. The molecule has 14 nitrogen and oxygen atoms in total. The van der Waals surface area contributed by atoms with Gasteiger partial charge in [0, 0.05) is 69.8 Å². The van der Waals surface area contributed by atoms with E-state index in [0.717, 1.165) is 22.2 Å². The van der Waals surface area contributed by atoms with E-state index in [-0.39, 0.29) is 52.7 Å². The molecular weight excluding hydrogens is 600 g/mol. The van der Waals surface area contributed by atoms with Gasteiger partial charge in [-0.15, -0.1) is 14.8 Å². The second kappa shape index (κ2) is 10.8. The van der Waals surface area contributed by atoms with E-state index in [1.807, 2.05) is 13.8 Å². The van der Waals surface area contributed by atoms with E-state index in [4.69, 9.17) is 25.3 Å². The van der Waals surface area contributed by atoms with Gasteiger partial charge in [-0.3, -0.25) is 14.2 Å². The van der Waals surface area contributed by atoms with Crippen molar-refractivity contribution in [3.8, 4) is 23.5 Å². The maximum absolute atomic E-state index is 10.4. The first kappa shape index (κ1) is 32.0.